The van der Waals surface area contributed by atoms with Crippen molar-refractivity contribution in [1.29, 1.82) is 0 Å². The van der Waals surface area contributed by atoms with Crippen molar-refractivity contribution in [2.75, 3.05) is 28.4 Å². The van der Waals surface area contributed by atoms with Gasteiger partial charge < -0.3 is 18.9 Å². The molecule has 0 spiro atoms. The highest BCUT2D eigenvalue weighted by atomic mass is 19.1. The Bertz CT molecular complexity index is 407. The first-order valence-corrected chi connectivity index (χ1v) is 5.97. The maximum absolute atomic E-state index is 14.1. The molecular weight excluding hydrogens is 251 g/mol. The normalized spacial score (nSPS) is 11.0. The molecule has 0 atom stereocenters. The minimum absolute atomic E-state index is 0.203. The van der Waals surface area contributed by atoms with Gasteiger partial charge in [-0.15, -0.1) is 0 Å². The molecule has 0 saturated heterocycles. The first kappa shape index (κ1) is 16.0. The third-order valence-electron chi connectivity index (χ3n) is 2.87. The Labute approximate surface area is 113 Å². The molecule has 5 heteroatoms. The second-order valence-corrected chi connectivity index (χ2v) is 4.19. The van der Waals surface area contributed by atoms with Crippen LogP contribution in [-0.2, 0) is 45.4 Å². The van der Waals surface area contributed by atoms with E-state index in [1.165, 1.54) is 13.2 Å². The molecule has 0 N–H and O–H groups in total. The van der Waals surface area contributed by atoms with Crippen LogP contribution in [0.5, 0.6) is 0 Å². The molecular formula is C14H21FO4. The second-order valence-electron chi connectivity index (χ2n) is 4.19. The van der Waals surface area contributed by atoms with Gasteiger partial charge in [0.2, 0.25) is 0 Å². The Morgan fingerprint density at radius 1 is 0.737 bits per heavy atom. The molecule has 0 amide bonds. The third-order valence-corrected chi connectivity index (χ3v) is 2.87. The first-order valence-electron chi connectivity index (χ1n) is 5.97. The van der Waals surface area contributed by atoms with Crippen LogP contribution in [0.2, 0.25) is 0 Å². The molecule has 4 nitrogen and oxygen atoms in total. The summed E-state index contributed by atoms with van der Waals surface area (Å²) in [7, 11) is 6.29. The Hall–Kier alpha value is -1.01. The summed E-state index contributed by atoms with van der Waals surface area (Å²) in [6, 6.07) is 1.48. The smallest absolute Gasteiger partial charge is 0.129 e. The van der Waals surface area contributed by atoms with Crippen molar-refractivity contribution in [3.8, 4) is 0 Å². The summed E-state index contributed by atoms with van der Waals surface area (Å²) in [4.78, 5) is 0. The van der Waals surface area contributed by atoms with Crippen molar-refractivity contribution < 1.29 is 23.3 Å². The maximum Gasteiger partial charge on any atom is 0.129 e. The number of ether oxygens (including phenoxy) is 4. The number of halogens is 1. The van der Waals surface area contributed by atoms with Crippen LogP contribution in [0.15, 0.2) is 6.07 Å². The zero-order chi connectivity index (χ0) is 14.3. The van der Waals surface area contributed by atoms with E-state index in [0.29, 0.717) is 25.4 Å². The summed E-state index contributed by atoms with van der Waals surface area (Å²) in [5.74, 6) is -0.305. The van der Waals surface area contributed by atoms with Gasteiger partial charge in [0.05, 0.1) is 26.4 Å². The monoisotopic (exact) mass is 272 g/mol. The van der Waals surface area contributed by atoms with Crippen LogP contribution < -0.4 is 0 Å². The maximum atomic E-state index is 14.1. The molecule has 0 aliphatic carbocycles. The number of rotatable bonds is 8. The summed E-state index contributed by atoms with van der Waals surface area (Å²) < 4.78 is 34.7. The van der Waals surface area contributed by atoms with E-state index in [-0.39, 0.29) is 12.4 Å². The van der Waals surface area contributed by atoms with E-state index in [4.69, 9.17) is 18.9 Å². The topological polar surface area (TPSA) is 36.9 Å². The molecule has 0 aliphatic heterocycles. The van der Waals surface area contributed by atoms with Gasteiger partial charge in [0.1, 0.15) is 5.82 Å². The average molecular weight is 272 g/mol. The third kappa shape index (κ3) is 3.98. The molecule has 0 unspecified atom stereocenters. The molecule has 1 aromatic carbocycles. The molecule has 0 radical (unpaired) electrons. The van der Waals surface area contributed by atoms with Crippen LogP contribution in [0.25, 0.3) is 0 Å². The zero-order valence-electron chi connectivity index (χ0n) is 11.9. The highest BCUT2D eigenvalue weighted by molar-refractivity contribution is 5.41. The van der Waals surface area contributed by atoms with Gasteiger partial charge in [-0.1, -0.05) is 0 Å². The average Bonchev–Trinajstić information content (AvgIpc) is 2.38. The van der Waals surface area contributed by atoms with Crippen LogP contribution in [0.4, 0.5) is 4.39 Å². The molecule has 108 valence electrons. The lowest BCUT2D eigenvalue weighted by atomic mass is 9.96. The van der Waals surface area contributed by atoms with Gasteiger partial charge in [0.15, 0.2) is 0 Å². The van der Waals surface area contributed by atoms with E-state index in [0.717, 1.165) is 16.7 Å². The van der Waals surface area contributed by atoms with Gasteiger partial charge in [0, 0.05) is 34.0 Å². The standard InChI is InChI=1S/C14H21FO4/c1-16-6-10-5-14(15)13(9-19-4)12(8-18-3)11(10)7-17-2/h5H,6-9H2,1-4H3. The van der Waals surface area contributed by atoms with Crippen LogP contribution >= 0.6 is 0 Å². The van der Waals surface area contributed by atoms with Crippen LogP contribution in [-0.4, -0.2) is 28.4 Å². The van der Waals surface area contributed by atoms with Crippen LogP contribution in [0, 0.1) is 5.82 Å². The van der Waals surface area contributed by atoms with Gasteiger partial charge in [0.25, 0.3) is 0 Å². The molecule has 0 bridgehead atoms. The van der Waals surface area contributed by atoms with Gasteiger partial charge in [-0.25, -0.2) is 4.39 Å². The summed E-state index contributed by atoms with van der Waals surface area (Å²) >= 11 is 0. The fourth-order valence-electron chi connectivity index (χ4n) is 2.07. The van der Waals surface area contributed by atoms with Crippen molar-refractivity contribution >= 4 is 0 Å². The second kappa shape index (κ2) is 8.22. The van der Waals surface area contributed by atoms with Crippen molar-refractivity contribution in [3.63, 3.8) is 0 Å². The zero-order valence-corrected chi connectivity index (χ0v) is 11.9. The van der Waals surface area contributed by atoms with Crippen molar-refractivity contribution in [2.45, 2.75) is 26.4 Å². The number of methoxy groups -OCH3 is 4. The Morgan fingerprint density at radius 2 is 1.21 bits per heavy atom. The Balaban J connectivity index is 3.35. The van der Waals surface area contributed by atoms with Gasteiger partial charge in [-0.3, -0.25) is 0 Å². The van der Waals surface area contributed by atoms with E-state index in [1.807, 2.05) is 0 Å². The summed E-state index contributed by atoms with van der Waals surface area (Å²) in [5, 5.41) is 0. The van der Waals surface area contributed by atoms with E-state index < -0.39 is 0 Å². The van der Waals surface area contributed by atoms with Crippen molar-refractivity contribution in [1.82, 2.24) is 0 Å². The highest BCUT2D eigenvalue weighted by Gasteiger charge is 2.18. The molecule has 0 aromatic heterocycles. The summed E-state index contributed by atoms with van der Waals surface area (Å²) in [5.41, 5.74) is 2.96. The predicted octanol–water partition coefficient (Wildman–Crippen LogP) is 2.41. The fourth-order valence-corrected chi connectivity index (χ4v) is 2.07. The van der Waals surface area contributed by atoms with E-state index in [2.05, 4.69) is 0 Å². The fraction of sp³-hybridized carbons (Fsp3) is 0.571. The molecule has 1 rings (SSSR count). The van der Waals surface area contributed by atoms with Crippen molar-refractivity contribution in [3.05, 3.63) is 34.1 Å². The molecule has 0 aliphatic rings. The van der Waals surface area contributed by atoms with Crippen molar-refractivity contribution in [2.24, 2.45) is 0 Å². The largest absolute Gasteiger partial charge is 0.380 e. The first-order chi connectivity index (χ1) is 9.19. The summed E-state index contributed by atoms with van der Waals surface area (Å²) in [6.07, 6.45) is 0. The van der Waals surface area contributed by atoms with E-state index in [9.17, 15) is 4.39 Å². The minimum Gasteiger partial charge on any atom is -0.380 e. The van der Waals surface area contributed by atoms with E-state index >= 15 is 0 Å². The number of hydrogen-bond donors (Lipinski definition) is 0. The van der Waals surface area contributed by atoms with Gasteiger partial charge in [-0.05, 0) is 22.8 Å². The lowest BCUT2D eigenvalue weighted by molar-refractivity contribution is 0.150. The van der Waals surface area contributed by atoms with Gasteiger partial charge >= 0.3 is 0 Å². The molecule has 19 heavy (non-hydrogen) atoms. The quantitative estimate of drug-likeness (QED) is 0.728. The van der Waals surface area contributed by atoms with E-state index in [1.54, 1.807) is 21.3 Å². The van der Waals surface area contributed by atoms with Crippen LogP contribution in [0.1, 0.15) is 22.3 Å². The predicted molar refractivity (Wildman–Crippen MR) is 69.3 cm³/mol. The lowest BCUT2D eigenvalue weighted by Gasteiger charge is -2.18. The molecule has 0 fully saturated rings. The highest BCUT2D eigenvalue weighted by Crippen LogP contribution is 2.26. The Kier molecular flexibility index (Phi) is 6.94. The molecule has 1 aromatic rings. The minimum atomic E-state index is -0.305. The molecule has 0 heterocycles. The number of hydrogen-bond acceptors (Lipinski definition) is 4. The SMILES string of the molecule is COCc1cc(F)c(COC)c(COC)c1COC. The van der Waals surface area contributed by atoms with Gasteiger partial charge in [-0.2, -0.15) is 0 Å². The van der Waals surface area contributed by atoms with Crippen LogP contribution in [0.3, 0.4) is 0 Å². The molecule has 0 saturated carbocycles. The Morgan fingerprint density at radius 3 is 1.74 bits per heavy atom. The number of benzene rings is 1. The lowest BCUT2D eigenvalue weighted by Crippen LogP contribution is -2.11. The summed E-state index contributed by atoms with van der Waals surface area (Å²) in [6.45, 7) is 1.23.